The van der Waals surface area contributed by atoms with E-state index in [1.165, 1.54) is 5.56 Å². The van der Waals surface area contributed by atoms with Crippen molar-refractivity contribution in [3.05, 3.63) is 35.4 Å². The van der Waals surface area contributed by atoms with Gasteiger partial charge in [-0.15, -0.1) is 0 Å². The van der Waals surface area contributed by atoms with E-state index in [0.717, 1.165) is 31.5 Å². The van der Waals surface area contributed by atoms with Gasteiger partial charge in [0.15, 0.2) is 5.78 Å². The van der Waals surface area contributed by atoms with Crippen molar-refractivity contribution in [3.63, 3.8) is 0 Å². The van der Waals surface area contributed by atoms with Crippen LogP contribution in [0.25, 0.3) is 0 Å². The Hall–Kier alpha value is -1.15. The van der Waals surface area contributed by atoms with Crippen molar-refractivity contribution in [1.82, 2.24) is 5.32 Å². The predicted octanol–water partition coefficient (Wildman–Crippen LogP) is 2.82. The van der Waals surface area contributed by atoms with Gasteiger partial charge in [-0.3, -0.25) is 4.79 Å². The van der Waals surface area contributed by atoms with E-state index in [0.29, 0.717) is 6.42 Å². The Balaban J connectivity index is 2.57. The number of rotatable bonds is 7. The summed E-state index contributed by atoms with van der Waals surface area (Å²) in [5.74, 6) is 0.235. The molecule has 1 aromatic carbocycles. The molecule has 0 atom stereocenters. The maximum Gasteiger partial charge on any atom is 0.164 e. The third kappa shape index (κ3) is 4.15. The molecule has 0 spiro atoms. The molecule has 0 bridgehead atoms. The minimum absolute atomic E-state index is 0.235. The van der Waals surface area contributed by atoms with Gasteiger partial charge in [0.25, 0.3) is 0 Å². The molecule has 0 saturated carbocycles. The number of aryl methyl sites for hydroxylation is 1. The first kappa shape index (κ1) is 12.9. The van der Waals surface area contributed by atoms with Crippen LogP contribution in [0, 0.1) is 0 Å². The number of nitrogens with one attached hydrogen (secondary N) is 1. The molecule has 0 heterocycles. The minimum Gasteiger partial charge on any atom is -0.317 e. The van der Waals surface area contributed by atoms with Gasteiger partial charge in [-0.25, -0.2) is 0 Å². The molecular formula is C14H21NO. The van der Waals surface area contributed by atoms with Crippen LogP contribution in [-0.4, -0.2) is 18.9 Å². The fourth-order valence-corrected chi connectivity index (χ4v) is 1.71. The van der Waals surface area contributed by atoms with Crippen LogP contribution in [0.15, 0.2) is 24.3 Å². The SMILES string of the molecule is CCCc1cccc(C(=O)CCNCC)c1. The van der Waals surface area contributed by atoms with Crippen LogP contribution >= 0.6 is 0 Å². The number of carbonyl (C=O) groups excluding carboxylic acids is 1. The zero-order valence-corrected chi connectivity index (χ0v) is 10.3. The monoisotopic (exact) mass is 219 g/mol. The zero-order chi connectivity index (χ0) is 11.8. The molecule has 0 aliphatic rings. The standard InChI is InChI=1S/C14H21NO/c1-3-6-12-7-5-8-13(11-12)14(16)9-10-15-4-2/h5,7-8,11,15H,3-4,6,9-10H2,1-2H3. The normalized spacial score (nSPS) is 10.4. The van der Waals surface area contributed by atoms with E-state index in [1.807, 2.05) is 25.1 Å². The third-order valence-electron chi connectivity index (χ3n) is 2.57. The maximum atomic E-state index is 11.8. The van der Waals surface area contributed by atoms with Crippen LogP contribution in [0.2, 0.25) is 0 Å². The zero-order valence-electron chi connectivity index (χ0n) is 10.3. The van der Waals surface area contributed by atoms with Gasteiger partial charge in [0.2, 0.25) is 0 Å². The first-order chi connectivity index (χ1) is 7.77. The highest BCUT2D eigenvalue weighted by molar-refractivity contribution is 5.96. The second-order valence-electron chi connectivity index (χ2n) is 3.98. The van der Waals surface area contributed by atoms with E-state index in [4.69, 9.17) is 0 Å². The lowest BCUT2D eigenvalue weighted by molar-refractivity contribution is 0.0982. The van der Waals surface area contributed by atoms with Gasteiger partial charge in [-0.2, -0.15) is 0 Å². The average molecular weight is 219 g/mol. The van der Waals surface area contributed by atoms with Crippen molar-refractivity contribution < 1.29 is 4.79 Å². The number of ketones is 1. The van der Waals surface area contributed by atoms with Gasteiger partial charge in [-0.1, -0.05) is 38.5 Å². The lowest BCUT2D eigenvalue weighted by Gasteiger charge is -2.04. The Kier molecular flexibility index (Phi) is 5.79. The summed E-state index contributed by atoms with van der Waals surface area (Å²) in [5, 5.41) is 3.17. The number of benzene rings is 1. The first-order valence-electron chi connectivity index (χ1n) is 6.10. The smallest absolute Gasteiger partial charge is 0.164 e. The summed E-state index contributed by atoms with van der Waals surface area (Å²) in [6.45, 7) is 5.89. The first-order valence-corrected chi connectivity index (χ1v) is 6.10. The molecule has 2 heteroatoms. The lowest BCUT2D eigenvalue weighted by Crippen LogP contribution is -2.17. The Morgan fingerprint density at radius 1 is 1.31 bits per heavy atom. The predicted molar refractivity (Wildman–Crippen MR) is 67.9 cm³/mol. The summed E-state index contributed by atoms with van der Waals surface area (Å²) in [6.07, 6.45) is 2.76. The summed E-state index contributed by atoms with van der Waals surface area (Å²) in [6, 6.07) is 8.00. The minimum atomic E-state index is 0.235. The van der Waals surface area contributed by atoms with E-state index in [9.17, 15) is 4.79 Å². The molecule has 1 aromatic rings. The second-order valence-corrected chi connectivity index (χ2v) is 3.98. The van der Waals surface area contributed by atoms with E-state index >= 15 is 0 Å². The van der Waals surface area contributed by atoms with Gasteiger partial charge in [0.1, 0.15) is 0 Å². The number of hydrogen-bond acceptors (Lipinski definition) is 2. The molecule has 16 heavy (non-hydrogen) atoms. The van der Waals surface area contributed by atoms with Crippen molar-refractivity contribution in [2.45, 2.75) is 33.1 Å². The topological polar surface area (TPSA) is 29.1 Å². The molecule has 2 nitrogen and oxygen atoms in total. The van der Waals surface area contributed by atoms with Crippen molar-refractivity contribution in [2.24, 2.45) is 0 Å². The number of hydrogen-bond donors (Lipinski definition) is 1. The highest BCUT2D eigenvalue weighted by Crippen LogP contribution is 2.09. The summed E-state index contributed by atoms with van der Waals surface area (Å²) >= 11 is 0. The van der Waals surface area contributed by atoms with Crippen molar-refractivity contribution in [1.29, 1.82) is 0 Å². The van der Waals surface area contributed by atoms with Crippen molar-refractivity contribution >= 4 is 5.78 Å². The summed E-state index contributed by atoms with van der Waals surface area (Å²) in [4.78, 5) is 11.8. The van der Waals surface area contributed by atoms with E-state index in [1.54, 1.807) is 0 Å². The van der Waals surface area contributed by atoms with Crippen LogP contribution in [0.3, 0.4) is 0 Å². The van der Waals surface area contributed by atoms with Gasteiger partial charge in [0.05, 0.1) is 0 Å². The second kappa shape index (κ2) is 7.18. The van der Waals surface area contributed by atoms with Crippen LogP contribution < -0.4 is 5.32 Å². The Morgan fingerprint density at radius 2 is 2.12 bits per heavy atom. The molecular weight excluding hydrogens is 198 g/mol. The molecule has 0 amide bonds. The maximum absolute atomic E-state index is 11.8. The average Bonchev–Trinajstić information content (AvgIpc) is 2.30. The van der Waals surface area contributed by atoms with Crippen LogP contribution in [0.4, 0.5) is 0 Å². The summed E-state index contributed by atoms with van der Waals surface area (Å²) in [7, 11) is 0. The lowest BCUT2D eigenvalue weighted by atomic mass is 10.0. The van der Waals surface area contributed by atoms with Gasteiger partial charge in [-0.05, 0) is 24.6 Å². The third-order valence-corrected chi connectivity index (χ3v) is 2.57. The molecule has 0 unspecified atom stereocenters. The molecule has 0 radical (unpaired) electrons. The Bertz CT molecular complexity index is 333. The van der Waals surface area contributed by atoms with Crippen molar-refractivity contribution in [2.75, 3.05) is 13.1 Å². The molecule has 0 saturated heterocycles. The van der Waals surface area contributed by atoms with Crippen LogP contribution in [-0.2, 0) is 6.42 Å². The Labute approximate surface area is 98.1 Å². The summed E-state index contributed by atoms with van der Waals surface area (Å²) < 4.78 is 0. The number of carbonyl (C=O) groups is 1. The fourth-order valence-electron chi connectivity index (χ4n) is 1.71. The molecule has 0 aromatic heterocycles. The van der Waals surface area contributed by atoms with Crippen LogP contribution in [0.1, 0.15) is 42.6 Å². The molecule has 88 valence electrons. The molecule has 0 aliphatic carbocycles. The summed E-state index contributed by atoms with van der Waals surface area (Å²) in [5.41, 5.74) is 2.11. The highest BCUT2D eigenvalue weighted by atomic mass is 16.1. The molecule has 0 aliphatic heterocycles. The fraction of sp³-hybridized carbons (Fsp3) is 0.500. The van der Waals surface area contributed by atoms with Crippen LogP contribution in [0.5, 0.6) is 0 Å². The quantitative estimate of drug-likeness (QED) is 0.564. The van der Waals surface area contributed by atoms with E-state index in [-0.39, 0.29) is 5.78 Å². The van der Waals surface area contributed by atoms with Gasteiger partial charge >= 0.3 is 0 Å². The largest absolute Gasteiger partial charge is 0.317 e. The van der Waals surface area contributed by atoms with Crippen molar-refractivity contribution in [3.8, 4) is 0 Å². The molecule has 0 fully saturated rings. The molecule has 1 N–H and O–H groups in total. The van der Waals surface area contributed by atoms with E-state index in [2.05, 4.69) is 18.3 Å². The highest BCUT2D eigenvalue weighted by Gasteiger charge is 2.05. The molecule has 1 rings (SSSR count). The van der Waals surface area contributed by atoms with Gasteiger partial charge < -0.3 is 5.32 Å². The number of Topliss-reactive ketones (excluding diaryl/α,β-unsaturated/α-hetero) is 1. The van der Waals surface area contributed by atoms with Gasteiger partial charge in [0, 0.05) is 18.5 Å². The Morgan fingerprint density at radius 3 is 2.81 bits per heavy atom. The van der Waals surface area contributed by atoms with E-state index < -0.39 is 0 Å².